The number of thiazole rings is 1. The molecule has 1 aromatic heterocycles. The van der Waals surface area contributed by atoms with Crippen LogP contribution in [0.2, 0.25) is 0 Å². The number of rotatable bonds is 3. The Balaban J connectivity index is 1.74. The fraction of sp³-hybridized carbons (Fsp3) is 0.0714. The lowest BCUT2D eigenvalue weighted by Crippen LogP contribution is -1.98. The number of nitrogens with two attached hydrogens (primary N) is 1. The predicted octanol–water partition coefficient (Wildman–Crippen LogP) is 3.49. The van der Waals surface area contributed by atoms with Gasteiger partial charge in [-0.25, -0.2) is 4.98 Å². The number of para-hydroxylation sites is 1. The quantitative estimate of drug-likeness (QED) is 0.704. The van der Waals surface area contributed by atoms with Gasteiger partial charge in [-0.15, -0.1) is 0 Å². The van der Waals surface area contributed by atoms with E-state index in [-0.39, 0.29) is 0 Å². The van der Waals surface area contributed by atoms with Gasteiger partial charge in [-0.3, -0.25) is 0 Å². The van der Waals surface area contributed by atoms with Gasteiger partial charge in [-0.1, -0.05) is 35.6 Å². The van der Waals surface area contributed by atoms with E-state index < -0.39 is 0 Å². The maximum Gasteiger partial charge on any atom is 0.184 e. The fourth-order valence-corrected chi connectivity index (χ4v) is 2.62. The molecular formula is C14H13N3S. The molecule has 90 valence electrons. The van der Waals surface area contributed by atoms with Crippen molar-refractivity contribution < 1.29 is 0 Å². The van der Waals surface area contributed by atoms with Gasteiger partial charge in [0.15, 0.2) is 5.13 Å². The van der Waals surface area contributed by atoms with Crippen LogP contribution in [0.3, 0.4) is 0 Å². The Hall–Kier alpha value is -2.07. The van der Waals surface area contributed by atoms with Crippen molar-refractivity contribution in [1.82, 2.24) is 4.98 Å². The van der Waals surface area contributed by atoms with E-state index in [4.69, 9.17) is 5.73 Å². The van der Waals surface area contributed by atoms with Crippen LogP contribution in [0.25, 0.3) is 10.2 Å². The summed E-state index contributed by atoms with van der Waals surface area (Å²) in [4.78, 5) is 4.53. The average molecular weight is 255 g/mol. The third-order valence-electron chi connectivity index (χ3n) is 2.72. The molecule has 0 fully saturated rings. The number of aromatic nitrogens is 1. The molecule has 0 saturated carbocycles. The molecule has 0 radical (unpaired) electrons. The van der Waals surface area contributed by atoms with E-state index in [9.17, 15) is 0 Å². The highest BCUT2D eigenvalue weighted by Gasteiger charge is 2.02. The molecule has 0 amide bonds. The number of anilines is 2. The third kappa shape index (κ3) is 2.28. The number of fused-ring (bicyclic) bond motifs is 1. The molecule has 4 heteroatoms. The van der Waals surface area contributed by atoms with Gasteiger partial charge in [0, 0.05) is 12.2 Å². The van der Waals surface area contributed by atoms with Gasteiger partial charge in [0.2, 0.25) is 0 Å². The van der Waals surface area contributed by atoms with E-state index in [0.717, 1.165) is 22.9 Å². The van der Waals surface area contributed by atoms with E-state index >= 15 is 0 Å². The smallest absolute Gasteiger partial charge is 0.184 e. The zero-order chi connectivity index (χ0) is 12.4. The molecule has 0 aliphatic carbocycles. The van der Waals surface area contributed by atoms with Gasteiger partial charge >= 0.3 is 0 Å². The van der Waals surface area contributed by atoms with Gasteiger partial charge in [0.1, 0.15) is 0 Å². The third-order valence-corrected chi connectivity index (χ3v) is 3.71. The Morgan fingerprint density at radius 1 is 1.06 bits per heavy atom. The summed E-state index contributed by atoms with van der Waals surface area (Å²) in [6, 6.07) is 16.0. The zero-order valence-electron chi connectivity index (χ0n) is 9.76. The minimum atomic E-state index is 0.764. The Bertz CT molecular complexity index is 625. The first-order valence-electron chi connectivity index (χ1n) is 5.75. The lowest BCUT2D eigenvalue weighted by Gasteiger charge is -2.02. The average Bonchev–Trinajstić information content (AvgIpc) is 2.81. The molecule has 0 atom stereocenters. The van der Waals surface area contributed by atoms with Gasteiger partial charge in [0.05, 0.1) is 10.2 Å². The molecule has 3 aromatic rings. The Kier molecular flexibility index (Phi) is 2.86. The van der Waals surface area contributed by atoms with Crippen LogP contribution in [-0.4, -0.2) is 4.98 Å². The van der Waals surface area contributed by atoms with Crippen LogP contribution in [0.15, 0.2) is 48.5 Å². The minimum absolute atomic E-state index is 0.764. The molecular weight excluding hydrogens is 242 g/mol. The van der Waals surface area contributed by atoms with E-state index in [0.29, 0.717) is 0 Å². The molecule has 2 aromatic carbocycles. The molecule has 0 saturated heterocycles. The van der Waals surface area contributed by atoms with E-state index in [2.05, 4.69) is 16.4 Å². The first-order chi connectivity index (χ1) is 8.81. The van der Waals surface area contributed by atoms with Crippen molar-refractivity contribution in [2.45, 2.75) is 6.54 Å². The van der Waals surface area contributed by atoms with Crippen molar-refractivity contribution >= 4 is 32.4 Å². The maximum absolute atomic E-state index is 5.65. The van der Waals surface area contributed by atoms with Crippen molar-refractivity contribution in [2.75, 3.05) is 11.1 Å². The van der Waals surface area contributed by atoms with E-state index in [1.807, 2.05) is 42.5 Å². The first kappa shape index (κ1) is 11.0. The molecule has 0 aliphatic rings. The Labute approximate surface area is 109 Å². The number of benzene rings is 2. The summed E-state index contributed by atoms with van der Waals surface area (Å²) in [5, 5.41) is 4.29. The maximum atomic E-state index is 5.65. The summed E-state index contributed by atoms with van der Waals surface area (Å²) in [6.07, 6.45) is 0. The van der Waals surface area contributed by atoms with Crippen molar-refractivity contribution in [2.24, 2.45) is 0 Å². The molecule has 1 heterocycles. The van der Waals surface area contributed by atoms with Crippen LogP contribution >= 0.6 is 11.3 Å². The summed E-state index contributed by atoms with van der Waals surface area (Å²) in [7, 11) is 0. The molecule has 0 bridgehead atoms. The van der Waals surface area contributed by atoms with Crippen LogP contribution in [0.4, 0.5) is 10.8 Å². The van der Waals surface area contributed by atoms with Crippen molar-refractivity contribution in [3.63, 3.8) is 0 Å². The highest BCUT2D eigenvalue weighted by atomic mass is 32.1. The molecule has 3 rings (SSSR count). The topological polar surface area (TPSA) is 50.9 Å². The lowest BCUT2D eigenvalue weighted by atomic mass is 10.2. The molecule has 3 nitrogen and oxygen atoms in total. The number of nitrogens with one attached hydrogen (secondary N) is 1. The summed E-state index contributed by atoms with van der Waals surface area (Å²) in [6.45, 7) is 0.764. The number of nitrogen functional groups attached to an aromatic ring is 1. The highest BCUT2D eigenvalue weighted by molar-refractivity contribution is 7.22. The largest absolute Gasteiger partial charge is 0.399 e. The van der Waals surface area contributed by atoms with Crippen LogP contribution in [0, 0.1) is 0 Å². The predicted molar refractivity (Wildman–Crippen MR) is 77.8 cm³/mol. The van der Waals surface area contributed by atoms with Crippen molar-refractivity contribution in [1.29, 1.82) is 0 Å². The van der Waals surface area contributed by atoms with Crippen LogP contribution in [0.1, 0.15) is 5.56 Å². The zero-order valence-corrected chi connectivity index (χ0v) is 10.6. The van der Waals surface area contributed by atoms with Crippen LogP contribution < -0.4 is 11.1 Å². The van der Waals surface area contributed by atoms with E-state index in [1.165, 1.54) is 10.3 Å². The standard InChI is InChI=1S/C14H13N3S/c15-11-7-5-10(6-8-11)9-16-14-17-12-3-1-2-4-13(12)18-14/h1-8H,9,15H2,(H,16,17). The normalized spacial score (nSPS) is 10.7. The fourth-order valence-electron chi connectivity index (χ4n) is 1.76. The SMILES string of the molecule is Nc1ccc(CNc2nc3ccccc3s2)cc1. The monoisotopic (exact) mass is 255 g/mol. The number of hydrogen-bond donors (Lipinski definition) is 2. The minimum Gasteiger partial charge on any atom is -0.399 e. The van der Waals surface area contributed by atoms with Gasteiger partial charge in [-0.05, 0) is 29.8 Å². The Morgan fingerprint density at radius 3 is 2.61 bits per heavy atom. The van der Waals surface area contributed by atoms with Crippen LogP contribution in [-0.2, 0) is 6.54 Å². The molecule has 18 heavy (non-hydrogen) atoms. The van der Waals surface area contributed by atoms with Crippen molar-refractivity contribution in [3.8, 4) is 0 Å². The van der Waals surface area contributed by atoms with Gasteiger partial charge in [0.25, 0.3) is 0 Å². The van der Waals surface area contributed by atoms with Gasteiger partial charge < -0.3 is 11.1 Å². The molecule has 0 unspecified atom stereocenters. The van der Waals surface area contributed by atoms with Crippen molar-refractivity contribution in [3.05, 3.63) is 54.1 Å². The number of hydrogen-bond acceptors (Lipinski definition) is 4. The summed E-state index contributed by atoms with van der Waals surface area (Å²) < 4.78 is 1.21. The lowest BCUT2D eigenvalue weighted by molar-refractivity contribution is 1.14. The Morgan fingerprint density at radius 2 is 1.83 bits per heavy atom. The summed E-state index contributed by atoms with van der Waals surface area (Å²) >= 11 is 1.67. The van der Waals surface area contributed by atoms with Gasteiger partial charge in [-0.2, -0.15) is 0 Å². The second kappa shape index (κ2) is 4.66. The second-order valence-corrected chi connectivity index (χ2v) is 5.11. The van der Waals surface area contributed by atoms with E-state index in [1.54, 1.807) is 11.3 Å². The van der Waals surface area contributed by atoms with Crippen LogP contribution in [0.5, 0.6) is 0 Å². The first-order valence-corrected chi connectivity index (χ1v) is 6.57. The summed E-state index contributed by atoms with van der Waals surface area (Å²) in [5.41, 5.74) is 8.69. The number of nitrogens with zero attached hydrogens (tertiary/aromatic N) is 1. The second-order valence-electron chi connectivity index (χ2n) is 4.08. The summed E-state index contributed by atoms with van der Waals surface area (Å²) in [5.74, 6) is 0. The molecule has 0 aliphatic heterocycles. The highest BCUT2D eigenvalue weighted by Crippen LogP contribution is 2.25. The molecule has 3 N–H and O–H groups in total. The molecule has 0 spiro atoms.